The van der Waals surface area contributed by atoms with E-state index in [0.29, 0.717) is 25.3 Å². The van der Waals surface area contributed by atoms with Crippen molar-refractivity contribution in [3.63, 3.8) is 0 Å². The summed E-state index contributed by atoms with van der Waals surface area (Å²) in [6.07, 6.45) is 3.34. The maximum Gasteiger partial charge on any atom is 0.225 e. The molecule has 1 aromatic carbocycles. The molecule has 0 radical (unpaired) electrons. The number of aliphatic hydroxyl groups is 1. The van der Waals surface area contributed by atoms with Crippen LogP contribution in [0.2, 0.25) is 0 Å². The quantitative estimate of drug-likeness (QED) is 0.923. The van der Waals surface area contributed by atoms with Gasteiger partial charge in [0.1, 0.15) is 23.8 Å². The van der Waals surface area contributed by atoms with Crippen molar-refractivity contribution in [2.24, 2.45) is 5.92 Å². The smallest absolute Gasteiger partial charge is 0.225 e. The Morgan fingerprint density at radius 3 is 2.76 bits per heavy atom. The molecule has 3 rings (SSSR count). The molecule has 1 aliphatic heterocycles. The van der Waals surface area contributed by atoms with Gasteiger partial charge < -0.3 is 14.7 Å². The van der Waals surface area contributed by atoms with Crippen molar-refractivity contribution in [2.45, 2.75) is 31.3 Å². The number of halogens is 1. The second kappa shape index (κ2) is 5.64. The van der Waals surface area contributed by atoms with Gasteiger partial charge in [0.2, 0.25) is 5.91 Å². The minimum Gasteiger partial charge on any atom is -0.491 e. The van der Waals surface area contributed by atoms with Crippen LogP contribution < -0.4 is 4.74 Å². The Balaban J connectivity index is 1.57. The molecule has 1 N–H and O–H groups in total. The number of carbonyl (C=O) groups is 1. The van der Waals surface area contributed by atoms with Gasteiger partial charge in [-0.2, -0.15) is 0 Å². The predicted molar refractivity (Wildman–Crippen MR) is 75.4 cm³/mol. The summed E-state index contributed by atoms with van der Waals surface area (Å²) < 4.78 is 18.4. The van der Waals surface area contributed by atoms with Gasteiger partial charge in [0.25, 0.3) is 0 Å². The fourth-order valence-corrected chi connectivity index (χ4v) is 2.76. The van der Waals surface area contributed by atoms with Crippen molar-refractivity contribution >= 4 is 5.91 Å². The molecule has 0 bridgehead atoms. The number of nitrogens with zero attached hydrogens (tertiary/aromatic N) is 1. The second-order valence-electron chi connectivity index (χ2n) is 6.10. The molecule has 1 saturated carbocycles. The van der Waals surface area contributed by atoms with Gasteiger partial charge in [0.05, 0.1) is 6.54 Å². The van der Waals surface area contributed by atoms with E-state index in [4.69, 9.17) is 4.74 Å². The maximum atomic E-state index is 12.8. The molecule has 0 spiro atoms. The van der Waals surface area contributed by atoms with Crippen LogP contribution in [0.3, 0.4) is 0 Å². The Hall–Kier alpha value is -1.62. The molecule has 0 aromatic heterocycles. The van der Waals surface area contributed by atoms with E-state index >= 15 is 0 Å². The van der Waals surface area contributed by atoms with Crippen LogP contribution in [0.5, 0.6) is 5.75 Å². The van der Waals surface area contributed by atoms with Crippen molar-refractivity contribution < 1.29 is 19.0 Å². The number of hydrogen-bond donors (Lipinski definition) is 1. The lowest BCUT2D eigenvalue weighted by Crippen LogP contribution is -2.53. The monoisotopic (exact) mass is 293 g/mol. The summed E-state index contributed by atoms with van der Waals surface area (Å²) >= 11 is 0. The first kappa shape index (κ1) is 14.3. The van der Waals surface area contributed by atoms with Crippen LogP contribution in [0.4, 0.5) is 4.39 Å². The second-order valence-corrected chi connectivity index (χ2v) is 6.10. The molecule has 1 atom stereocenters. The highest BCUT2D eigenvalue weighted by Crippen LogP contribution is 2.33. The van der Waals surface area contributed by atoms with Crippen LogP contribution in [-0.2, 0) is 4.79 Å². The predicted octanol–water partition coefficient (Wildman–Crippen LogP) is 1.97. The maximum absolute atomic E-state index is 12.8. The third-order valence-electron chi connectivity index (χ3n) is 4.11. The lowest BCUT2D eigenvalue weighted by Gasteiger charge is -2.39. The van der Waals surface area contributed by atoms with E-state index in [-0.39, 0.29) is 24.2 Å². The van der Waals surface area contributed by atoms with Crippen LogP contribution in [-0.4, -0.2) is 41.2 Å². The number of hydrogen-bond acceptors (Lipinski definition) is 3. The van der Waals surface area contributed by atoms with Crippen molar-refractivity contribution in [1.82, 2.24) is 4.90 Å². The van der Waals surface area contributed by atoms with Crippen molar-refractivity contribution in [2.75, 3.05) is 19.7 Å². The molecule has 2 fully saturated rings. The zero-order chi connectivity index (χ0) is 14.9. The van der Waals surface area contributed by atoms with Gasteiger partial charge in [-0.05, 0) is 49.9 Å². The van der Waals surface area contributed by atoms with E-state index in [2.05, 4.69) is 0 Å². The molecule has 5 heteroatoms. The molecular formula is C16H20FNO3. The Morgan fingerprint density at radius 2 is 2.10 bits per heavy atom. The zero-order valence-corrected chi connectivity index (χ0v) is 11.9. The van der Waals surface area contributed by atoms with E-state index < -0.39 is 5.60 Å². The first-order valence-electron chi connectivity index (χ1n) is 7.45. The first-order chi connectivity index (χ1) is 10.1. The molecule has 1 aliphatic carbocycles. The Kier molecular flexibility index (Phi) is 3.85. The van der Waals surface area contributed by atoms with Crippen molar-refractivity contribution in [1.29, 1.82) is 0 Å². The fourth-order valence-electron chi connectivity index (χ4n) is 2.76. The number of β-amino-alcohol motifs (C(OH)–C–C–N with tert-alkyl or cyclic N) is 1. The third-order valence-corrected chi connectivity index (χ3v) is 4.11. The number of carbonyl (C=O) groups excluding carboxylic acids is 1. The number of amides is 1. The minimum atomic E-state index is -1.02. The average Bonchev–Trinajstić information content (AvgIpc) is 3.31. The lowest BCUT2D eigenvalue weighted by atomic mass is 9.93. The van der Waals surface area contributed by atoms with E-state index in [1.54, 1.807) is 4.90 Å². The number of likely N-dealkylation sites (tertiary alicyclic amines) is 1. The number of piperidine rings is 1. The Morgan fingerprint density at radius 1 is 1.38 bits per heavy atom. The van der Waals surface area contributed by atoms with Gasteiger partial charge in [-0.25, -0.2) is 4.39 Å². The molecule has 2 aliphatic rings. The van der Waals surface area contributed by atoms with Crippen LogP contribution in [0, 0.1) is 11.7 Å². The number of rotatable bonds is 4. The average molecular weight is 293 g/mol. The van der Waals surface area contributed by atoms with Gasteiger partial charge in [0.15, 0.2) is 0 Å². The SMILES string of the molecule is O=C(C1CC1)N1CCC[C@@](O)(COc2ccc(F)cc2)C1. The van der Waals surface area contributed by atoms with Gasteiger partial charge in [-0.3, -0.25) is 4.79 Å². The van der Waals surface area contributed by atoms with Gasteiger partial charge in [0, 0.05) is 12.5 Å². The normalized spacial score (nSPS) is 25.7. The summed E-state index contributed by atoms with van der Waals surface area (Å²) in [5.74, 6) is 0.538. The first-order valence-corrected chi connectivity index (χ1v) is 7.45. The van der Waals surface area contributed by atoms with Crippen molar-refractivity contribution in [3.05, 3.63) is 30.1 Å². The van der Waals surface area contributed by atoms with E-state index in [1.807, 2.05) is 0 Å². The Labute approximate surface area is 123 Å². The summed E-state index contributed by atoms with van der Waals surface area (Å²) in [5, 5.41) is 10.6. The molecule has 4 nitrogen and oxygen atoms in total. The molecule has 0 unspecified atom stereocenters. The van der Waals surface area contributed by atoms with Gasteiger partial charge in [-0.1, -0.05) is 0 Å². The van der Waals surface area contributed by atoms with E-state index in [0.717, 1.165) is 19.3 Å². The topological polar surface area (TPSA) is 49.8 Å². The third kappa shape index (κ3) is 3.53. The molecule has 1 saturated heterocycles. The summed E-state index contributed by atoms with van der Waals surface area (Å²) in [7, 11) is 0. The molecular weight excluding hydrogens is 273 g/mol. The molecule has 1 amide bonds. The van der Waals surface area contributed by atoms with Gasteiger partial charge >= 0.3 is 0 Å². The highest BCUT2D eigenvalue weighted by atomic mass is 19.1. The standard InChI is InChI=1S/C16H20FNO3/c17-13-4-6-14(7-5-13)21-11-16(20)8-1-9-18(10-16)15(19)12-2-3-12/h4-7,12,20H,1-3,8-11H2/t16-/m0/s1. The Bertz CT molecular complexity index is 515. The van der Waals surface area contributed by atoms with E-state index in [9.17, 15) is 14.3 Å². The molecule has 1 aromatic rings. The summed E-state index contributed by atoms with van der Waals surface area (Å²) in [6.45, 7) is 1.16. The summed E-state index contributed by atoms with van der Waals surface area (Å²) in [4.78, 5) is 13.9. The minimum absolute atomic E-state index is 0.118. The van der Waals surface area contributed by atoms with Crippen LogP contribution >= 0.6 is 0 Å². The number of benzene rings is 1. The fraction of sp³-hybridized carbons (Fsp3) is 0.562. The zero-order valence-electron chi connectivity index (χ0n) is 11.9. The molecule has 114 valence electrons. The summed E-state index contributed by atoms with van der Waals surface area (Å²) in [5.41, 5.74) is -1.02. The number of ether oxygens (including phenoxy) is 1. The highest BCUT2D eigenvalue weighted by molar-refractivity contribution is 5.81. The van der Waals surface area contributed by atoms with Gasteiger partial charge in [-0.15, -0.1) is 0 Å². The van der Waals surface area contributed by atoms with E-state index in [1.165, 1.54) is 24.3 Å². The van der Waals surface area contributed by atoms with Crippen LogP contribution in [0.1, 0.15) is 25.7 Å². The van der Waals surface area contributed by atoms with Crippen LogP contribution in [0.25, 0.3) is 0 Å². The lowest BCUT2D eigenvalue weighted by molar-refractivity contribution is -0.141. The molecule has 1 heterocycles. The largest absolute Gasteiger partial charge is 0.491 e. The molecule has 21 heavy (non-hydrogen) atoms. The van der Waals surface area contributed by atoms with Crippen molar-refractivity contribution in [3.8, 4) is 5.75 Å². The highest BCUT2D eigenvalue weighted by Gasteiger charge is 2.40. The summed E-state index contributed by atoms with van der Waals surface area (Å²) in [6, 6.07) is 5.72. The van der Waals surface area contributed by atoms with Crippen LogP contribution in [0.15, 0.2) is 24.3 Å².